The number of hydrogen-bond acceptors (Lipinski definition) is 7. The summed E-state index contributed by atoms with van der Waals surface area (Å²) >= 11 is 2.90. The molecule has 0 spiro atoms. The normalized spacial score (nSPS) is 17.1. The molecule has 9 heteroatoms. The molecule has 0 aromatic carbocycles. The molecular formula is C15H25N5O2S2. The standard InChI is InChI=1S/C15H25N5O2S2/c1-9(2)8-17-14-18-19-15(24-14)23-10(3)13(22)20-6-4-11(5-7-20)12(16)21/h9-11H,4-8H2,1-3H3,(H2,16,21)(H,17,18). The maximum Gasteiger partial charge on any atom is 0.235 e. The molecule has 0 saturated carbocycles. The summed E-state index contributed by atoms with van der Waals surface area (Å²) in [5, 5.41) is 12.0. The summed E-state index contributed by atoms with van der Waals surface area (Å²) in [6, 6.07) is 0. The molecule has 134 valence electrons. The summed E-state index contributed by atoms with van der Waals surface area (Å²) in [6.45, 7) is 8.18. The van der Waals surface area contributed by atoms with Gasteiger partial charge in [0.2, 0.25) is 16.9 Å². The van der Waals surface area contributed by atoms with Gasteiger partial charge in [-0.15, -0.1) is 10.2 Å². The fourth-order valence-electron chi connectivity index (χ4n) is 2.46. The van der Waals surface area contributed by atoms with Gasteiger partial charge in [-0.3, -0.25) is 9.59 Å². The second-order valence-corrected chi connectivity index (χ2v) is 8.98. The van der Waals surface area contributed by atoms with Crippen molar-refractivity contribution in [1.29, 1.82) is 0 Å². The minimum Gasteiger partial charge on any atom is -0.369 e. The second-order valence-electron chi connectivity index (χ2n) is 6.41. The number of hydrogen-bond donors (Lipinski definition) is 2. The topological polar surface area (TPSA) is 101 Å². The van der Waals surface area contributed by atoms with Crippen LogP contribution in [-0.4, -0.2) is 51.8 Å². The number of primary amides is 1. The van der Waals surface area contributed by atoms with Crippen molar-refractivity contribution in [2.75, 3.05) is 25.0 Å². The zero-order chi connectivity index (χ0) is 17.7. The third-order valence-electron chi connectivity index (χ3n) is 3.90. The molecule has 24 heavy (non-hydrogen) atoms. The molecule has 7 nitrogen and oxygen atoms in total. The van der Waals surface area contributed by atoms with E-state index >= 15 is 0 Å². The van der Waals surface area contributed by atoms with Crippen molar-refractivity contribution in [3.8, 4) is 0 Å². The minimum atomic E-state index is -0.264. The van der Waals surface area contributed by atoms with Crippen LogP contribution in [0.5, 0.6) is 0 Å². The van der Waals surface area contributed by atoms with Crippen molar-refractivity contribution in [2.45, 2.75) is 43.2 Å². The molecule has 1 atom stereocenters. The largest absolute Gasteiger partial charge is 0.369 e. The predicted molar refractivity (Wildman–Crippen MR) is 97.1 cm³/mol. The number of nitrogens with two attached hydrogens (primary N) is 1. The van der Waals surface area contributed by atoms with Crippen molar-refractivity contribution >= 4 is 40.0 Å². The first-order valence-electron chi connectivity index (χ1n) is 8.19. The highest BCUT2D eigenvalue weighted by molar-refractivity contribution is 8.02. The third-order valence-corrected chi connectivity index (χ3v) is 5.96. The molecule has 2 heterocycles. The Morgan fingerprint density at radius 3 is 2.58 bits per heavy atom. The Morgan fingerprint density at radius 2 is 2.00 bits per heavy atom. The zero-order valence-corrected chi connectivity index (χ0v) is 16.0. The maximum absolute atomic E-state index is 12.5. The van der Waals surface area contributed by atoms with E-state index in [1.54, 1.807) is 0 Å². The molecule has 3 N–H and O–H groups in total. The number of anilines is 1. The van der Waals surface area contributed by atoms with E-state index in [4.69, 9.17) is 5.73 Å². The van der Waals surface area contributed by atoms with Crippen LogP contribution in [0.2, 0.25) is 0 Å². The van der Waals surface area contributed by atoms with Gasteiger partial charge < -0.3 is 16.0 Å². The number of nitrogens with zero attached hydrogens (tertiary/aromatic N) is 3. The minimum absolute atomic E-state index is 0.0785. The summed E-state index contributed by atoms with van der Waals surface area (Å²) in [5.41, 5.74) is 5.33. The number of piperidine rings is 1. The fraction of sp³-hybridized carbons (Fsp3) is 0.733. The smallest absolute Gasteiger partial charge is 0.235 e. The number of amides is 2. The Labute approximate surface area is 150 Å². The van der Waals surface area contributed by atoms with Crippen LogP contribution in [0.4, 0.5) is 5.13 Å². The first kappa shape index (κ1) is 19.0. The number of carbonyl (C=O) groups is 2. The average Bonchev–Trinajstić information content (AvgIpc) is 2.99. The van der Waals surface area contributed by atoms with Gasteiger partial charge in [0.25, 0.3) is 0 Å². The summed E-state index contributed by atoms with van der Waals surface area (Å²) in [6.07, 6.45) is 1.31. The summed E-state index contributed by atoms with van der Waals surface area (Å²) in [4.78, 5) is 25.5. The summed E-state index contributed by atoms with van der Waals surface area (Å²) in [7, 11) is 0. The van der Waals surface area contributed by atoms with Gasteiger partial charge in [0.1, 0.15) is 0 Å². The van der Waals surface area contributed by atoms with E-state index in [-0.39, 0.29) is 23.0 Å². The van der Waals surface area contributed by atoms with E-state index in [1.807, 2.05) is 11.8 Å². The van der Waals surface area contributed by atoms with Crippen molar-refractivity contribution in [1.82, 2.24) is 15.1 Å². The zero-order valence-electron chi connectivity index (χ0n) is 14.3. The Bertz CT molecular complexity index is 570. The predicted octanol–water partition coefficient (Wildman–Crippen LogP) is 1.81. The van der Waals surface area contributed by atoms with Crippen molar-refractivity contribution < 1.29 is 9.59 Å². The summed E-state index contributed by atoms with van der Waals surface area (Å²) in [5.74, 6) is 0.248. The molecule has 1 unspecified atom stereocenters. The van der Waals surface area contributed by atoms with Crippen molar-refractivity contribution in [3.63, 3.8) is 0 Å². The lowest BCUT2D eigenvalue weighted by molar-refractivity contribution is -0.134. The number of rotatable bonds is 7. The van der Waals surface area contributed by atoms with Crippen molar-refractivity contribution in [2.24, 2.45) is 17.6 Å². The highest BCUT2D eigenvalue weighted by atomic mass is 32.2. The lowest BCUT2D eigenvalue weighted by Gasteiger charge is -2.32. The van der Waals surface area contributed by atoms with Gasteiger partial charge in [-0.25, -0.2) is 0 Å². The Balaban J connectivity index is 1.82. The molecule has 1 saturated heterocycles. The maximum atomic E-state index is 12.5. The van der Waals surface area contributed by atoms with Gasteiger partial charge in [-0.1, -0.05) is 36.9 Å². The number of nitrogens with one attached hydrogen (secondary N) is 1. The van der Waals surface area contributed by atoms with E-state index in [9.17, 15) is 9.59 Å². The molecule has 1 aromatic rings. The molecule has 1 fully saturated rings. The van der Waals surface area contributed by atoms with Gasteiger partial charge in [-0.05, 0) is 25.7 Å². The van der Waals surface area contributed by atoms with Crippen LogP contribution in [0.3, 0.4) is 0 Å². The molecule has 0 aliphatic carbocycles. The van der Waals surface area contributed by atoms with Crippen LogP contribution < -0.4 is 11.1 Å². The molecular weight excluding hydrogens is 346 g/mol. The monoisotopic (exact) mass is 371 g/mol. The van der Waals surface area contributed by atoms with Crippen LogP contribution in [-0.2, 0) is 9.59 Å². The van der Waals surface area contributed by atoms with E-state index in [0.29, 0.717) is 31.8 Å². The molecule has 1 aliphatic heterocycles. The number of likely N-dealkylation sites (tertiary alicyclic amines) is 1. The number of carbonyl (C=O) groups excluding carboxylic acids is 2. The highest BCUT2D eigenvalue weighted by Gasteiger charge is 2.29. The van der Waals surface area contributed by atoms with E-state index < -0.39 is 0 Å². The lowest BCUT2D eigenvalue weighted by Crippen LogP contribution is -2.44. The fourth-order valence-corrected chi connectivity index (χ4v) is 4.45. The second kappa shape index (κ2) is 8.66. The van der Waals surface area contributed by atoms with Crippen LogP contribution in [0.25, 0.3) is 0 Å². The number of thioether (sulfide) groups is 1. The SMILES string of the molecule is CC(C)CNc1nnc(SC(C)C(=O)N2CCC(C(N)=O)CC2)s1. The molecule has 1 aliphatic rings. The summed E-state index contributed by atoms with van der Waals surface area (Å²) < 4.78 is 0.786. The van der Waals surface area contributed by atoms with Crippen LogP contribution >= 0.6 is 23.1 Å². The average molecular weight is 372 g/mol. The van der Waals surface area contributed by atoms with Crippen LogP contribution in [0.1, 0.15) is 33.6 Å². The van der Waals surface area contributed by atoms with Crippen LogP contribution in [0, 0.1) is 11.8 Å². The Kier molecular flexibility index (Phi) is 6.85. The van der Waals surface area contributed by atoms with E-state index in [2.05, 4.69) is 29.4 Å². The number of aromatic nitrogens is 2. The first-order chi connectivity index (χ1) is 11.4. The van der Waals surface area contributed by atoms with Crippen LogP contribution in [0.15, 0.2) is 4.34 Å². The van der Waals surface area contributed by atoms with Gasteiger partial charge >= 0.3 is 0 Å². The quantitative estimate of drug-likeness (QED) is 0.709. The highest BCUT2D eigenvalue weighted by Crippen LogP contribution is 2.30. The van der Waals surface area contributed by atoms with Gasteiger partial charge in [0.15, 0.2) is 4.34 Å². The lowest BCUT2D eigenvalue weighted by atomic mass is 9.96. The van der Waals surface area contributed by atoms with Gasteiger partial charge in [0, 0.05) is 25.6 Å². The molecule has 2 amide bonds. The van der Waals surface area contributed by atoms with E-state index in [1.165, 1.54) is 23.1 Å². The van der Waals surface area contributed by atoms with Gasteiger partial charge in [0.05, 0.1) is 5.25 Å². The first-order valence-corrected chi connectivity index (χ1v) is 9.88. The van der Waals surface area contributed by atoms with Crippen molar-refractivity contribution in [3.05, 3.63) is 0 Å². The van der Waals surface area contributed by atoms with E-state index in [0.717, 1.165) is 16.0 Å². The van der Waals surface area contributed by atoms with Gasteiger partial charge in [-0.2, -0.15) is 0 Å². The molecule has 0 bridgehead atoms. The Hall–Kier alpha value is -1.35. The molecule has 1 aromatic heterocycles. The Morgan fingerprint density at radius 1 is 1.33 bits per heavy atom. The molecule has 2 rings (SSSR count). The molecule has 0 radical (unpaired) electrons. The third kappa shape index (κ3) is 5.34.